The minimum Gasteiger partial charge on any atom is -0.325 e. The molecule has 0 spiro atoms. The lowest BCUT2D eigenvalue weighted by atomic mass is 10.1. The van der Waals surface area contributed by atoms with Crippen molar-refractivity contribution in [3.63, 3.8) is 0 Å². The van der Waals surface area contributed by atoms with Gasteiger partial charge < -0.3 is 9.80 Å². The number of nitrogens with zero attached hydrogens (tertiary/aromatic N) is 2. The van der Waals surface area contributed by atoms with Gasteiger partial charge in [-0.3, -0.25) is 9.59 Å². The van der Waals surface area contributed by atoms with E-state index in [0.29, 0.717) is 28.7 Å². The fourth-order valence-corrected chi connectivity index (χ4v) is 3.59. The lowest BCUT2D eigenvalue weighted by molar-refractivity contribution is -0.124. The van der Waals surface area contributed by atoms with Crippen LogP contribution < -0.4 is 4.90 Å². The predicted molar refractivity (Wildman–Crippen MR) is 105 cm³/mol. The molecule has 4 nitrogen and oxygen atoms in total. The summed E-state index contributed by atoms with van der Waals surface area (Å²) in [5.41, 5.74) is 3.53. The molecular weight excluding hydrogens is 371 g/mol. The highest BCUT2D eigenvalue weighted by molar-refractivity contribution is 6.42. The van der Waals surface area contributed by atoms with Crippen LogP contribution in [0.3, 0.4) is 0 Å². The monoisotopic (exact) mass is 390 g/mol. The summed E-state index contributed by atoms with van der Waals surface area (Å²) in [6, 6.07) is 10.2. The third-order valence-electron chi connectivity index (χ3n) is 4.73. The molecule has 1 atom stereocenters. The van der Waals surface area contributed by atoms with E-state index in [4.69, 9.17) is 23.2 Å². The number of rotatable bonds is 2. The van der Waals surface area contributed by atoms with Crippen LogP contribution in [0, 0.1) is 13.8 Å². The lowest BCUT2D eigenvalue weighted by Crippen LogP contribution is -2.57. The van der Waals surface area contributed by atoms with Crippen LogP contribution in [-0.2, 0) is 4.79 Å². The van der Waals surface area contributed by atoms with Crippen molar-refractivity contribution in [2.45, 2.75) is 26.8 Å². The summed E-state index contributed by atoms with van der Waals surface area (Å²) in [7, 11) is 0. The lowest BCUT2D eigenvalue weighted by Gasteiger charge is -2.39. The molecule has 136 valence electrons. The first kappa shape index (κ1) is 18.7. The molecule has 1 aliphatic heterocycles. The van der Waals surface area contributed by atoms with E-state index in [1.54, 1.807) is 34.9 Å². The van der Waals surface area contributed by atoms with Crippen LogP contribution in [-0.4, -0.2) is 35.8 Å². The zero-order chi connectivity index (χ0) is 19.0. The maximum atomic E-state index is 12.9. The normalized spacial score (nSPS) is 17.6. The van der Waals surface area contributed by atoms with Gasteiger partial charge in [0.25, 0.3) is 5.91 Å². The van der Waals surface area contributed by atoms with Gasteiger partial charge in [-0.2, -0.15) is 0 Å². The fraction of sp³-hybridized carbons (Fsp3) is 0.300. The van der Waals surface area contributed by atoms with Gasteiger partial charge in [-0.05, 0) is 50.6 Å². The number of halogens is 2. The van der Waals surface area contributed by atoms with Crippen LogP contribution in [0.2, 0.25) is 10.0 Å². The molecule has 2 aromatic carbocycles. The molecule has 0 radical (unpaired) electrons. The van der Waals surface area contributed by atoms with Gasteiger partial charge in [0.2, 0.25) is 5.91 Å². The average Bonchev–Trinajstić information content (AvgIpc) is 2.60. The number of hydrogen-bond acceptors (Lipinski definition) is 2. The molecule has 1 unspecified atom stereocenters. The van der Waals surface area contributed by atoms with Crippen molar-refractivity contribution < 1.29 is 9.59 Å². The second-order valence-corrected chi connectivity index (χ2v) is 7.40. The van der Waals surface area contributed by atoms with Gasteiger partial charge in [0.15, 0.2) is 0 Å². The van der Waals surface area contributed by atoms with Gasteiger partial charge >= 0.3 is 0 Å². The summed E-state index contributed by atoms with van der Waals surface area (Å²) in [6.07, 6.45) is 0. The van der Waals surface area contributed by atoms with E-state index in [9.17, 15) is 9.59 Å². The Morgan fingerprint density at radius 2 is 1.77 bits per heavy atom. The van der Waals surface area contributed by atoms with Crippen LogP contribution in [0.5, 0.6) is 0 Å². The topological polar surface area (TPSA) is 40.6 Å². The van der Waals surface area contributed by atoms with Crippen molar-refractivity contribution >= 4 is 40.7 Å². The molecule has 6 heteroatoms. The number of benzene rings is 2. The Bertz CT molecular complexity index is 882. The first-order chi connectivity index (χ1) is 12.3. The van der Waals surface area contributed by atoms with Crippen LogP contribution in [0.15, 0.2) is 36.4 Å². The Labute approximate surface area is 163 Å². The van der Waals surface area contributed by atoms with E-state index in [1.807, 2.05) is 26.0 Å². The highest BCUT2D eigenvalue weighted by Crippen LogP contribution is 2.27. The molecule has 1 fully saturated rings. The van der Waals surface area contributed by atoms with Crippen molar-refractivity contribution in [1.29, 1.82) is 0 Å². The van der Waals surface area contributed by atoms with Crippen molar-refractivity contribution in [3.8, 4) is 0 Å². The smallest absolute Gasteiger partial charge is 0.254 e. The van der Waals surface area contributed by atoms with E-state index < -0.39 is 6.04 Å². The van der Waals surface area contributed by atoms with Crippen molar-refractivity contribution in [1.82, 2.24) is 4.90 Å². The first-order valence-electron chi connectivity index (χ1n) is 8.44. The van der Waals surface area contributed by atoms with Crippen LogP contribution in [0.1, 0.15) is 28.4 Å². The Balaban J connectivity index is 1.83. The molecule has 0 saturated carbocycles. The molecule has 26 heavy (non-hydrogen) atoms. The molecule has 1 aliphatic rings. The molecule has 1 saturated heterocycles. The summed E-state index contributed by atoms with van der Waals surface area (Å²) in [5.74, 6) is -0.304. The third kappa shape index (κ3) is 3.44. The quantitative estimate of drug-likeness (QED) is 0.757. The van der Waals surface area contributed by atoms with Gasteiger partial charge in [-0.1, -0.05) is 40.9 Å². The van der Waals surface area contributed by atoms with Crippen molar-refractivity contribution in [3.05, 3.63) is 63.1 Å². The van der Waals surface area contributed by atoms with E-state index in [1.165, 1.54) is 0 Å². The number of hydrogen-bond donors (Lipinski definition) is 0. The molecule has 0 aliphatic carbocycles. The summed E-state index contributed by atoms with van der Waals surface area (Å²) in [4.78, 5) is 29.1. The molecule has 2 amide bonds. The Hall–Kier alpha value is -2.04. The van der Waals surface area contributed by atoms with Crippen molar-refractivity contribution in [2.75, 3.05) is 18.0 Å². The predicted octanol–water partition coefficient (Wildman–Crippen LogP) is 4.49. The molecular formula is C20H20Cl2N2O2. The molecule has 3 rings (SSSR count). The summed E-state index contributed by atoms with van der Waals surface area (Å²) in [6.45, 7) is 6.69. The number of carbonyl (C=O) groups excluding carboxylic acids is 2. The van der Waals surface area contributed by atoms with Gasteiger partial charge in [0.1, 0.15) is 6.04 Å². The number of anilines is 1. The molecule has 0 N–H and O–H groups in total. The number of amides is 2. The Kier molecular flexibility index (Phi) is 5.26. The molecule has 0 aromatic heterocycles. The summed E-state index contributed by atoms with van der Waals surface area (Å²) < 4.78 is 0. The zero-order valence-electron chi connectivity index (χ0n) is 14.9. The number of aryl methyl sites for hydroxylation is 2. The zero-order valence-corrected chi connectivity index (χ0v) is 16.4. The second kappa shape index (κ2) is 7.29. The Morgan fingerprint density at radius 3 is 2.42 bits per heavy atom. The van der Waals surface area contributed by atoms with Crippen LogP contribution in [0.25, 0.3) is 0 Å². The van der Waals surface area contributed by atoms with Gasteiger partial charge in [-0.25, -0.2) is 0 Å². The second-order valence-electron chi connectivity index (χ2n) is 6.58. The molecule has 2 aromatic rings. The standard InChI is InChI=1S/C20H20Cl2N2O2/c1-12-4-7-18(13(2)10-12)24-9-8-23(14(3)19(24)25)20(26)15-5-6-16(21)17(22)11-15/h4-7,10-11,14H,8-9H2,1-3H3. The molecule has 1 heterocycles. The highest BCUT2D eigenvalue weighted by atomic mass is 35.5. The third-order valence-corrected chi connectivity index (χ3v) is 5.46. The van der Waals surface area contributed by atoms with Gasteiger partial charge in [0, 0.05) is 24.3 Å². The van der Waals surface area contributed by atoms with E-state index in [2.05, 4.69) is 6.07 Å². The van der Waals surface area contributed by atoms with Crippen molar-refractivity contribution in [2.24, 2.45) is 0 Å². The maximum absolute atomic E-state index is 12.9. The van der Waals surface area contributed by atoms with E-state index in [0.717, 1.165) is 16.8 Å². The minimum atomic E-state index is -0.550. The van der Waals surface area contributed by atoms with Crippen LogP contribution in [0.4, 0.5) is 5.69 Å². The van der Waals surface area contributed by atoms with Gasteiger partial charge in [0.05, 0.1) is 10.0 Å². The largest absolute Gasteiger partial charge is 0.325 e. The fourth-order valence-electron chi connectivity index (χ4n) is 3.29. The highest BCUT2D eigenvalue weighted by Gasteiger charge is 2.35. The maximum Gasteiger partial charge on any atom is 0.254 e. The number of carbonyl (C=O) groups is 2. The van der Waals surface area contributed by atoms with Gasteiger partial charge in [-0.15, -0.1) is 0 Å². The van der Waals surface area contributed by atoms with E-state index in [-0.39, 0.29) is 11.8 Å². The minimum absolute atomic E-state index is 0.0865. The first-order valence-corrected chi connectivity index (χ1v) is 9.20. The SMILES string of the molecule is Cc1ccc(N2CCN(C(=O)c3ccc(Cl)c(Cl)c3)C(C)C2=O)c(C)c1. The number of piperazine rings is 1. The van der Waals surface area contributed by atoms with Crippen LogP contribution >= 0.6 is 23.2 Å². The molecule has 0 bridgehead atoms. The summed E-state index contributed by atoms with van der Waals surface area (Å²) in [5, 5.41) is 0.720. The van der Waals surface area contributed by atoms with E-state index >= 15 is 0 Å². The summed E-state index contributed by atoms with van der Waals surface area (Å²) >= 11 is 11.9. The Morgan fingerprint density at radius 1 is 1.04 bits per heavy atom. The average molecular weight is 391 g/mol.